The summed E-state index contributed by atoms with van der Waals surface area (Å²) in [6.45, 7) is 6.08. The van der Waals surface area contributed by atoms with E-state index in [2.05, 4.69) is 18.0 Å². The molecule has 0 bridgehead atoms. The Labute approximate surface area is 173 Å². The van der Waals surface area contributed by atoms with E-state index in [-0.39, 0.29) is 24.1 Å². The summed E-state index contributed by atoms with van der Waals surface area (Å²) in [6, 6.07) is 10.8. The van der Waals surface area contributed by atoms with Crippen LogP contribution in [0.2, 0.25) is 0 Å². The zero-order valence-corrected chi connectivity index (χ0v) is 17.0. The Morgan fingerprint density at radius 2 is 2.14 bits per heavy atom. The molecule has 2 aromatic rings. The number of carbonyl (C=O) groups is 2. The summed E-state index contributed by atoms with van der Waals surface area (Å²) in [5.41, 5.74) is 2.66. The third-order valence-corrected chi connectivity index (χ3v) is 6.59. The predicted molar refractivity (Wildman–Crippen MR) is 112 cm³/mol. The molecule has 0 fully saturated rings. The number of esters is 1. The topological polar surface area (TPSA) is 75.6 Å². The number of phenolic OH excluding ortho intramolecular Hbond substituents is 1. The number of hydrogen-bond acceptors (Lipinski definition) is 6. The van der Waals surface area contributed by atoms with Gasteiger partial charge < -0.3 is 15.2 Å². The van der Waals surface area contributed by atoms with Crippen LogP contribution in [0.3, 0.4) is 0 Å². The van der Waals surface area contributed by atoms with Crippen LogP contribution in [0.25, 0.3) is 0 Å². The van der Waals surface area contributed by atoms with Crippen molar-refractivity contribution in [3.05, 3.63) is 75.8 Å². The van der Waals surface area contributed by atoms with E-state index in [0.29, 0.717) is 29.7 Å². The Balaban J connectivity index is 1.81. The van der Waals surface area contributed by atoms with Gasteiger partial charge >= 0.3 is 5.97 Å². The van der Waals surface area contributed by atoms with Crippen LogP contribution in [-0.2, 0) is 14.3 Å². The van der Waals surface area contributed by atoms with Gasteiger partial charge in [-0.05, 0) is 42.5 Å². The second-order valence-electron chi connectivity index (χ2n) is 7.39. The molecule has 2 aliphatic rings. The molecular weight excluding hydrogens is 386 g/mol. The molecule has 0 spiro atoms. The average Bonchev–Trinajstić information content (AvgIpc) is 3.21. The maximum Gasteiger partial charge on any atom is 0.315 e. The number of aromatic hydroxyl groups is 1. The fourth-order valence-corrected chi connectivity index (χ4v) is 5.19. The number of ether oxygens (including phenoxy) is 1. The Kier molecular flexibility index (Phi) is 5.28. The van der Waals surface area contributed by atoms with E-state index in [1.807, 2.05) is 17.5 Å². The van der Waals surface area contributed by atoms with Gasteiger partial charge in [-0.25, -0.2) is 0 Å². The van der Waals surface area contributed by atoms with E-state index in [1.54, 1.807) is 36.5 Å². The summed E-state index contributed by atoms with van der Waals surface area (Å²) in [7, 11) is 0. The smallest absolute Gasteiger partial charge is 0.315 e. The first-order chi connectivity index (χ1) is 14.0. The molecule has 0 amide bonds. The lowest BCUT2D eigenvalue weighted by atomic mass is 9.69. The van der Waals surface area contributed by atoms with Crippen molar-refractivity contribution >= 4 is 23.1 Å². The van der Waals surface area contributed by atoms with Crippen LogP contribution in [-0.4, -0.2) is 23.5 Å². The van der Waals surface area contributed by atoms with Crippen LogP contribution in [0.1, 0.15) is 42.0 Å². The van der Waals surface area contributed by atoms with Gasteiger partial charge in [-0.3, -0.25) is 9.59 Å². The van der Waals surface area contributed by atoms with Gasteiger partial charge in [-0.2, -0.15) is 0 Å². The van der Waals surface area contributed by atoms with Crippen LogP contribution < -0.4 is 5.32 Å². The largest absolute Gasteiger partial charge is 0.508 e. The van der Waals surface area contributed by atoms with Crippen LogP contribution in [0.5, 0.6) is 5.75 Å². The lowest BCUT2D eigenvalue weighted by Gasteiger charge is -2.39. The van der Waals surface area contributed by atoms with E-state index in [0.717, 1.165) is 5.70 Å². The molecule has 0 radical (unpaired) electrons. The van der Waals surface area contributed by atoms with Gasteiger partial charge in [0.05, 0.1) is 6.61 Å². The molecule has 5 nitrogen and oxygen atoms in total. The molecule has 3 unspecified atom stereocenters. The number of thiophene rings is 1. The molecule has 29 heavy (non-hydrogen) atoms. The maximum absolute atomic E-state index is 13.3. The molecule has 4 rings (SSSR count). The first-order valence-corrected chi connectivity index (χ1v) is 10.6. The molecule has 1 aromatic carbocycles. The maximum atomic E-state index is 13.3. The van der Waals surface area contributed by atoms with Crippen molar-refractivity contribution < 1.29 is 19.4 Å². The number of Topliss-reactive ketones (excluding diaryl/α,β-unsaturated/α-hetero) is 1. The molecule has 3 atom stereocenters. The Morgan fingerprint density at radius 3 is 2.83 bits per heavy atom. The number of phenols is 1. The summed E-state index contributed by atoms with van der Waals surface area (Å²) in [5.74, 6) is -1.44. The van der Waals surface area contributed by atoms with Crippen molar-refractivity contribution in [3.63, 3.8) is 0 Å². The van der Waals surface area contributed by atoms with Gasteiger partial charge in [0.2, 0.25) is 0 Å². The van der Waals surface area contributed by atoms with Crippen molar-refractivity contribution in [1.82, 2.24) is 5.32 Å². The van der Waals surface area contributed by atoms with Gasteiger partial charge in [0.1, 0.15) is 11.7 Å². The lowest BCUT2D eigenvalue weighted by Crippen LogP contribution is -2.42. The third-order valence-electron chi connectivity index (χ3n) is 5.55. The monoisotopic (exact) mass is 409 g/mol. The van der Waals surface area contributed by atoms with Gasteiger partial charge in [0.15, 0.2) is 5.78 Å². The Bertz CT molecular complexity index is 992. The third kappa shape index (κ3) is 3.60. The van der Waals surface area contributed by atoms with Crippen LogP contribution in [0.15, 0.2) is 65.3 Å². The number of ketones is 1. The molecule has 6 heteroatoms. The highest BCUT2D eigenvalue weighted by atomic mass is 32.1. The molecular formula is C23H23NO4S. The highest BCUT2D eigenvalue weighted by Gasteiger charge is 2.45. The van der Waals surface area contributed by atoms with E-state index in [1.165, 1.54) is 4.88 Å². The summed E-state index contributed by atoms with van der Waals surface area (Å²) >= 11 is 1.65. The second-order valence-corrected chi connectivity index (χ2v) is 8.37. The first kappa shape index (κ1) is 19.5. The molecule has 2 heterocycles. The Morgan fingerprint density at radius 1 is 1.31 bits per heavy atom. The summed E-state index contributed by atoms with van der Waals surface area (Å²) < 4.78 is 5.29. The van der Waals surface area contributed by atoms with Gasteiger partial charge in [0, 0.05) is 40.1 Å². The highest BCUT2D eigenvalue weighted by molar-refractivity contribution is 7.10. The number of carbonyl (C=O) groups excluding carboxylic acids is 2. The van der Waals surface area contributed by atoms with Crippen LogP contribution in [0, 0.1) is 5.92 Å². The summed E-state index contributed by atoms with van der Waals surface area (Å²) in [6.07, 6.45) is 1.09. The number of rotatable bonds is 4. The lowest BCUT2D eigenvalue weighted by molar-refractivity contribution is -0.147. The highest BCUT2D eigenvalue weighted by Crippen LogP contribution is 2.47. The van der Waals surface area contributed by atoms with Crippen molar-refractivity contribution in [1.29, 1.82) is 0 Å². The van der Waals surface area contributed by atoms with Gasteiger partial charge in [0.25, 0.3) is 0 Å². The number of allylic oxidation sites excluding steroid dienone is 2. The number of benzene rings is 1. The molecule has 1 aliphatic carbocycles. The quantitative estimate of drug-likeness (QED) is 0.739. The van der Waals surface area contributed by atoms with E-state index >= 15 is 0 Å². The zero-order valence-electron chi connectivity index (χ0n) is 16.2. The molecule has 1 aliphatic heterocycles. The molecule has 0 saturated carbocycles. The summed E-state index contributed by atoms with van der Waals surface area (Å²) in [4.78, 5) is 27.3. The predicted octanol–water partition coefficient (Wildman–Crippen LogP) is 4.23. The number of nitrogens with one attached hydrogen (secondary N) is 1. The summed E-state index contributed by atoms with van der Waals surface area (Å²) in [5, 5.41) is 15.3. The van der Waals surface area contributed by atoms with E-state index < -0.39 is 17.8 Å². The fraction of sp³-hybridized carbons (Fsp3) is 0.304. The van der Waals surface area contributed by atoms with Crippen LogP contribution >= 0.6 is 11.3 Å². The normalized spacial score (nSPS) is 24.1. The minimum Gasteiger partial charge on any atom is -0.508 e. The van der Waals surface area contributed by atoms with Crippen molar-refractivity contribution in [2.24, 2.45) is 5.92 Å². The molecule has 150 valence electrons. The van der Waals surface area contributed by atoms with E-state index in [4.69, 9.17) is 4.74 Å². The van der Waals surface area contributed by atoms with Crippen LogP contribution in [0.4, 0.5) is 0 Å². The number of hydrogen-bond donors (Lipinski definition) is 2. The minimum atomic E-state index is -0.724. The molecule has 1 aromatic heterocycles. The van der Waals surface area contributed by atoms with Gasteiger partial charge in [-0.1, -0.05) is 24.8 Å². The molecule has 0 saturated heterocycles. The fourth-order valence-electron chi connectivity index (χ4n) is 4.36. The molecule has 2 N–H and O–H groups in total. The second kappa shape index (κ2) is 7.87. The van der Waals surface area contributed by atoms with Crippen molar-refractivity contribution in [2.45, 2.75) is 31.6 Å². The van der Waals surface area contributed by atoms with E-state index in [9.17, 15) is 14.7 Å². The first-order valence-electron chi connectivity index (χ1n) is 9.70. The standard InChI is InChI=1S/C23H23NO4S/c1-3-28-23(27)20-13(2)24-17-11-15(19-8-5-9-29-19)12-18(26)22(17)21(20)14-6-4-7-16(25)10-14/h4-10,15,20-21,24-25H,2-3,11-12H2,1H3. The minimum absolute atomic E-state index is 0.0206. The zero-order chi connectivity index (χ0) is 20.5. The average molecular weight is 410 g/mol. The SMILES string of the molecule is C=C1NC2=C(C(=O)CC(c3cccs3)C2)C(c2cccc(O)c2)C1C(=O)OCC. The van der Waals surface area contributed by atoms with Crippen molar-refractivity contribution in [3.8, 4) is 5.75 Å². The van der Waals surface area contributed by atoms with Gasteiger partial charge in [-0.15, -0.1) is 11.3 Å². The van der Waals surface area contributed by atoms with Crippen molar-refractivity contribution in [2.75, 3.05) is 6.61 Å². The Hall–Kier alpha value is -2.86.